The Morgan fingerprint density at radius 1 is 0.329 bits per heavy atom. The molecule has 4 aliphatic heterocycles. The number of hydrogen-bond acceptors (Lipinski definition) is 11. The Morgan fingerprint density at radius 2 is 0.604 bits per heavy atom. The Balaban J connectivity index is 0.000000130. The number of carbonyl (C=O) groups excluding carboxylic acids is 8. The molecule has 4 atom stereocenters. The molecule has 752 valence electrons. The lowest BCUT2D eigenvalue weighted by atomic mass is 10.0. The van der Waals surface area contributed by atoms with Crippen molar-refractivity contribution in [2.24, 2.45) is 5.73 Å². The molecule has 21 rings (SSSR count). The number of aliphatic hydroxyl groups is 1. The van der Waals surface area contributed by atoms with Crippen LogP contribution in [0.15, 0.2) is 383 Å². The number of fused-ring (bicyclic) bond motifs is 8. The highest BCUT2D eigenvalue weighted by Crippen LogP contribution is 2.39. The van der Waals surface area contributed by atoms with Gasteiger partial charge in [0.2, 0.25) is 30.2 Å². The van der Waals surface area contributed by atoms with Gasteiger partial charge in [-0.05, 0) is 186 Å². The van der Waals surface area contributed by atoms with Crippen LogP contribution in [0.5, 0.6) is 0 Å². The van der Waals surface area contributed by atoms with Crippen LogP contribution in [0, 0.1) is 6.57 Å². The molecular weight excluding hydrogens is 1860 g/mol. The lowest BCUT2D eigenvalue weighted by molar-refractivity contribution is -0.123. The molecule has 0 spiro atoms. The van der Waals surface area contributed by atoms with E-state index in [4.69, 9.17) is 17.0 Å². The monoisotopic (exact) mass is 1980 g/mol. The molecule has 0 saturated carbocycles. The van der Waals surface area contributed by atoms with Gasteiger partial charge >= 0.3 is 0 Å². The van der Waals surface area contributed by atoms with Gasteiger partial charge in [0.25, 0.3) is 23.6 Å². The van der Waals surface area contributed by atoms with Crippen molar-refractivity contribution in [2.75, 3.05) is 72.1 Å². The average Bonchev–Trinajstić information content (AvgIpc) is 1.64. The normalized spacial score (nSPS) is 15.5. The standard InChI is InChI=1S/C36H33N3O3.C30H28N4O2.C30H32N4O2.C29H29N3O3/c40-35(28-15-5-2-6-16-28)39-25-29-17-7-10-20-33(29)38(21-11-12-22-42-26-27-13-3-1-4-14-27)36(41)34(39)23-30-24-37-32-19-9-8-18-31(30)32;1-31-17-9-10-18-33-27-16-8-5-13-23(27)21-34(29(35)22-11-3-2-4-12-22)28(30(33)36)19-24-20-32-26-15-7-6-14-25(24)26;31-17-9-2-10-18-33-27-16-8-5-13-23(27)21-34(29(35)22-11-3-1-4-12-22)28(30(33)36)19-24-20-32-26-15-7-6-14-25(24)26;33-17-9-8-16-31-26-15-7-4-12-22(26)20-32(28(34)21-10-2-1-3-11-21)27(29(31)35)18-23-19-30-25-14-6-5-13-24(23)25/h1-20,24,34,37H,21-23,25-26H2;2-8,11-16,20,28,32H,9-10,17-19,21H2;1,3-8,11-16,20,28,32H,2,9-10,17-19,21,31H2;1-7,10-15,19,27,30,33H,8-9,16-18,20H2/b12-11+;;;. The molecule has 0 aliphatic carbocycles. The number of amides is 8. The molecule has 0 radical (unpaired) electrons. The molecular formula is C125H122N14O10. The summed E-state index contributed by atoms with van der Waals surface area (Å²) in [6.07, 6.45) is 18.9. The molecule has 149 heavy (non-hydrogen) atoms. The van der Waals surface area contributed by atoms with Crippen LogP contribution < -0.4 is 25.3 Å². The first-order valence-electron chi connectivity index (χ1n) is 51.3. The van der Waals surface area contributed by atoms with Crippen LogP contribution in [0.3, 0.4) is 0 Å². The number of anilines is 4. The molecule has 8 amide bonds. The third kappa shape index (κ3) is 24.0. The van der Waals surface area contributed by atoms with Gasteiger partial charge in [0, 0.05) is 204 Å². The summed E-state index contributed by atoms with van der Waals surface area (Å²) in [5.41, 5.74) is 24.4. The number of para-hydroxylation sites is 8. The van der Waals surface area contributed by atoms with E-state index in [-0.39, 0.29) is 53.9 Å². The van der Waals surface area contributed by atoms with Gasteiger partial charge in [0.15, 0.2) is 0 Å². The van der Waals surface area contributed by atoms with E-state index < -0.39 is 24.2 Å². The van der Waals surface area contributed by atoms with Gasteiger partial charge in [-0.1, -0.05) is 267 Å². The molecule has 8 heterocycles. The molecule has 24 heteroatoms. The zero-order valence-electron chi connectivity index (χ0n) is 83.4. The number of rotatable bonds is 31. The molecule has 13 aromatic carbocycles. The highest BCUT2D eigenvalue weighted by molar-refractivity contribution is 6.09. The Bertz CT molecular complexity index is 7570. The van der Waals surface area contributed by atoms with E-state index in [0.29, 0.717) is 139 Å². The van der Waals surface area contributed by atoms with Crippen molar-refractivity contribution in [1.82, 2.24) is 39.5 Å². The van der Waals surface area contributed by atoms with Crippen LogP contribution in [0.4, 0.5) is 22.7 Å². The van der Waals surface area contributed by atoms with Crippen LogP contribution in [-0.4, -0.2) is 169 Å². The summed E-state index contributed by atoms with van der Waals surface area (Å²) in [6.45, 7) is 12.6. The maximum Gasteiger partial charge on any atom is 0.254 e. The summed E-state index contributed by atoms with van der Waals surface area (Å²) in [6, 6.07) is 108. The third-order valence-corrected chi connectivity index (χ3v) is 28.2. The number of ether oxygens (including phenoxy) is 1. The van der Waals surface area contributed by atoms with Gasteiger partial charge in [0.05, 0.1) is 13.2 Å². The predicted molar refractivity (Wildman–Crippen MR) is 589 cm³/mol. The number of aromatic amines is 4. The quantitative estimate of drug-likeness (QED) is 0.0135. The minimum absolute atomic E-state index is 0.0396. The smallest absolute Gasteiger partial charge is 0.254 e. The minimum Gasteiger partial charge on any atom is -0.396 e. The van der Waals surface area contributed by atoms with Crippen LogP contribution in [0.25, 0.3) is 48.5 Å². The van der Waals surface area contributed by atoms with E-state index in [9.17, 15) is 43.5 Å². The summed E-state index contributed by atoms with van der Waals surface area (Å²) in [5.74, 6) is -0.926. The zero-order valence-corrected chi connectivity index (χ0v) is 83.4. The summed E-state index contributed by atoms with van der Waals surface area (Å²) in [7, 11) is 0. The number of carbonyl (C=O) groups is 8. The second-order valence-electron chi connectivity index (χ2n) is 37.8. The van der Waals surface area contributed by atoms with Crippen molar-refractivity contribution in [3.05, 3.63) is 466 Å². The molecule has 0 saturated heterocycles. The van der Waals surface area contributed by atoms with Crippen LogP contribution in [0.1, 0.15) is 136 Å². The van der Waals surface area contributed by atoms with Crippen molar-refractivity contribution >= 4 is 114 Å². The SMILES string of the molecule is NCCCCCN1C(=O)C(Cc2c[nH]c3ccccc23)N(C(=O)c2ccccc2)Cc2ccccc21.O=C1C(Cc2c[nH]c3ccccc23)N(C(=O)c2ccccc2)Cc2ccccc2N1C/C=C/COCc1ccccc1.O=C1C(Cc2c[nH]c3ccccc23)N(C(=O)c2ccccc2)Cc2ccccc2N1CCCCO.[C-]#[N+]CCCCN1C(=O)C(Cc2c[nH]c3ccccc23)N(C(=O)c2ccccc2)Cc2ccccc21. The van der Waals surface area contributed by atoms with Crippen molar-refractivity contribution in [1.29, 1.82) is 0 Å². The second kappa shape index (κ2) is 49.7. The first-order chi connectivity index (χ1) is 73.2. The summed E-state index contributed by atoms with van der Waals surface area (Å²) >= 11 is 0. The first kappa shape index (κ1) is 102. The van der Waals surface area contributed by atoms with Crippen LogP contribution >= 0.6 is 0 Å². The summed E-state index contributed by atoms with van der Waals surface area (Å²) in [5, 5.41) is 13.6. The third-order valence-electron chi connectivity index (χ3n) is 28.2. The highest BCUT2D eigenvalue weighted by Gasteiger charge is 2.44. The Hall–Kier alpha value is -17.1. The average molecular weight is 1980 g/mol. The number of aliphatic hydroxyl groups excluding tert-OH is 1. The van der Waals surface area contributed by atoms with E-state index in [0.717, 1.165) is 149 Å². The van der Waals surface area contributed by atoms with E-state index in [1.54, 1.807) is 48.8 Å². The van der Waals surface area contributed by atoms with E-state index >= 15 is 0 Å². The van der Waals surface area contributed by atoms with Crippen molar-refractivity contribution in [3.8, 4) is 0 Å². The van der Waals surface area contributed by atoms with Crippen LogP contribution in [0.2, 0.25) is 0 Å². The molecule has 17 aromatic rings. The fraction of sp³-hybridized carbons (Fsp3) is 0.224. The van der Waals surface area contributed by atoms with Crippen molar-refractivity contribution in [2.45, 2.75) is 128 Å². The number of benzene rings is 13. The Labute approximate surface area is 867 Å². The van der Waals surface area contributed by atoms with Crippen molar-refractivity contribution < 1.29 is 48.2 Å². The molecule has 24 nitrogen and oxygen atoms in total. The number of nitrogens with two attached hydrogens (primary N) is 1. The fourth-order valence-corrected chi connectivity index (χ4v) is 20.6. The first-order valence-corrected chi connectivity index (χ1v) is 51.3. The second-order valence-corrected chi connectivity index (χ2v) is 37.8. The van der Waals surface area contributed by atoms with Gasteiger partial charge in [-0.2, -0.15) is 0 Å². The maximum atomic E-state index is 14.5. The van der Waals surface area contributed by atoms with E-state index in [1.165, 1.54) is 0 Å². The lowest BCUT2D eigenvalue weighted by Gasteiger charge is -2.31. The van der Waals surface area contributed by atoms with Gasteiger partial charge in [-0.3, -0.25) is 38.4 Å². The number of nitrogens with one attached hydrogen (secondary N) is 4. The maximum absolute atomic E-state index is 14.5. The van der Waals surface area contributed by atoms with Gasteiger partial charge in [-0.25, -0.2) is 6.57 Å². The highest BCUT2D eigenvalue weighted by atomic mass is 16.5. The van der Waals surface area contributed by atoms with E-state index in [1.807, 2.05) is 361 Å². The molecule has 7 N–H and O–H groups in total. The Morgan fingerprint density at radius 3 is 0.919 bits per heavy atom. The predicted octanol–water partition coefficient (Wildman–Crippen LogP) is 21.4. The molecule has 0 fully saturated rings. The largest absolute Gasteiger partial charge is 0.396 e. The number of nitrogens with zero attached hydrogens (tertiary/aromatic N) is 9. The molecule has 4 unspecified atom stereocenters. The molecule has 0 bridgehead atoms. The van der Waals surface area contributed by atoms with Gasteiger partial charge in [-0.15, -0.1) is 0 Å². The minimum atomic E-state index is -0.688. The van der Waals surface area contributed by atoms with Gasteiger partial charge < -0.3 is 79.6 Å². The molecule has 4 aromatic heterocycles. The zero-order chi connectivity index (χ0) is 103. The van der Waals surface area contributed by atoms with Crippen molar-refractivity contribution in [3.63, 3.8) is 0 Å². The van der Waals surface area contributed by atoms with Gasteiger partial charge in [0.1, 0.15) is 24.2 Å². The number of H-pyrrole nitrogens is 4. The topological polar surface area (TPSA) is 285 Å². The summed E-state index contributed by atoms with van der Waals surface area (Å²) < 4.78 is 5.81. The summed E-state index contributed by atoms with van der Waals surface area (Å²) in [4.78, 5) is 144. The number of hydrogen-bond donors (Lipinski definition) is 6. The van der Waals surface area contributed by atoms with E-state index in [2.05, 4.69) is 36.9 Å². The molecule has 4 aliphatic rings. The number of aromatic nitrogens is 4. The van der Waals surface area contributed by atoms with Crippen LogP contribution in [-0.2, 0) is 82.4 Å². The lowest BCUT2D eigenvalue weighted by Crippen LogP contribution is -2.50. The fourth-order valence-electron chi connectivity index (χ4n) is 20.6. The Kier molecular flexibility index (Phi) is 34.0. The number of unbranched alkanes of at least 4 members (excludes halogenated alkanes) is 4.